The molecule has 6 heteroatoms. The second-order valence-corrected chi connectivity index (χ2v) is 11.6. The molecule has 0 atom stereocenters. The van der Waals surface area contributed by atoms with Crippen molar-refractivity contribution in [3.05, 3.63) is 0 Å². The van der Waals surface area contributed by atoms with Crippen LogP contribution >= 0.6 is 5.69 Å². The van der Waals surface area contributed by atoms with Gasteiger partial charge in [0.2, 0.25) is 0 Å². The van der Waals surface area contributed by atoms with Crippen LogP contribution in [-0.4, -0.2) is 13.2 Å². The normalized spacial score (nSPS) is 12.0. The molecule has 22 heavy (non-hydrogen) atoms. The minimum atomic E-state index is -2.41. The van der Waals surface area contributed by atoms with Gasteiger partial charge in [-0.25, -0.2) is 0 Å². The molecule has 0 aliphatic heterocycles. The maximum atomic E-state index is 5.60. The second kappa shape index (κ2) is 16.0. The van der Waals surface area contributed by atoms with Gasteiger partial charge in [-0.15, -0.1) is 0 Å². The van der Waals surface area contributed by atoms with Crippen molar-refractivity contribution in [3.63, 3.8) is 0 Å². The summed E-state index contributed by atoms with van der Waals surface area (Å²) >= 11 is 10.5. The molecule has 130 valence electrons. The Morgan fingerprint density at radius 1 is 0.773 bits per heavy atom. The molecule has 0 heterocycles. The van der Waals surface area contributed by atoms with Crippen LogP contribution in [0.1, 0.15) is 79.1 Å². The van der Waals surface area contributed by atoms with Gasteiger partial charge in [-0.05, 0) is 24.7 Å². The van der Waals surface area contributed by atoms with Gasteiger partial charge in [0.05, 0.1) is 18.9 Å². The van der Waals surface area contributed by atoms with Gasteiger partial charge in [0.1, 0.15) is 0 Å². The van der Waals surface area contributed by atoms with Gasteiger partial charge in [-0.2, -0.15) is 0 Å². The average Bonchev–Trinajstić information content (AvgIpc) is 2.37. The molecule has 0 aromatic rings. The van der Waals surface area contributed by atoms with Crippen LogP contribution in [0.3, 0.4) is 0 Å². The molecule has 0 aromatic carbocycles. The zero-order valence-corrected chi connectivity index (χ0v) is 20.5. The Hall–Kier alpha value is 1.54. The minimum Gasteiger partial charge on any atom is -0.691 e. The van der Waals surface area contributed by atoms with Crippen LogP contribution in [0.4, 0.5) is 0 Å². The van der Waals surface area contributed by atoms with Crippen molar-refractivity contribution in [2.24, 2.45) is 11.8 Å². The van der Waals surface area contributed by atoms with Crippen molar-refractivity contribution in [1.82, 2.24) is 0 Å². The van der Waals surface area contributed by atoms with E-state index in [9.17, 15) is 0 Å². The summed E-state index contributed by atoms with van der Waals surface area (Å²) in [6, 6.07) is 0. The van der Waals surface area contributed by atoms with E-state index in [1.54, 1.807) is 0 Å². The summed E-state index contributed by atoms with van der Waals surface area (Å²) in [5.74, 6) is 1.57. The molecule has 0 fully saturated rings. The predicted octanol–water partition coefficient (Wildman–Crippen LogP) is 6.22. The molecule has 0 saturated heterocycles. The van der Waals surface area contributed by atoms with Crippen LogP contribution in [-0.2, 0) is 52.6 Å². The first-order valence-corrected chi connectivity index (χ1v) is 12.1. The molecule has 0 aromatic heterocycles. The summed E-state index contributed by atoms with van der Waals surface area (Å²) in [5, 5.41) is 0. The van der Waals surface area contributed by atoms with E-state index >= 15 is 0 Å². The summed E-state index contributed by atoms with van der Waals surface area (Å²) in [7, 11) is 0. The van der Waals surface area contributed by atoms with Crippen molar-refractivity contribution in [2.75, 3.05) is 13.2 Å². The summed E-state index contributed by atoms with van der Waals surface area (Å²) in [4.78, 5) is 0. The van der Waals surface area contributed by atoms with Crippen molar-refractivity contribution < 1.29 is 28.5 Å². The zero-order valence-electron chi connectivity index (χ0n) is 15.0. The van der Waals surface area contributed by atoms with Gasteiger partial charge in [-0.1, -0.05) is 78.0 Å². The van der Waals surface area contributed by atoms with Crippen molar-refractivity contribution in [1.29, 1.82) is 0 Å². The van der Waals surface area contributed by atoms with Gasteiger partial charge in [0, 0.05) is 19.5 Å². The van der Waals surface area contributed by atoms with E-state index in [0.717, 1.165) is 24.7 Å². The van der Waals surface area contributed by atoms with E-state index in [4.69, 9.17) is 33.1 Å². The van der Waals surface area contributed by atoms with Crippen LogP contribution < -0.4 is 0 Å². The Bertz CT molecular complexity index is 265. The topological polar surface area (TPSA) is 18.5 Å². The van der Waals surface area contributed by atoms with Crippen molar-refractivity contribution >= 4 is 29.7 Å². The Kier molecular flexibility index (Phi) is 18.8. The quantitative estimate of drug-likeness (QED) is 0.144. The fourth-order valence-corrected chi connectivity index (χ4v) is 3.73. The molecule has 0 rings (SSSR count). The van der Waals surface area contributed by atoms with Crippen molar-refractivity contribution in [3.8, 4) is 0 Å². The van der Waals surface area contributed by atoms with Gasteiger partial charge >= 0.3 is 0 Å². The third kappa shape index (κ3) is 19.6. The first kappa shape index (κ1) is 25.8. The van der Waals surface area contributed by atoms with Gasteiger partial charge < -0.3 is 21.3 Å². The molecule has 0 amide bonds. The molecular weight excluding hydrogens is 385 g/mol. The van der Waals surface area contributed by atoms with Crippen LogP contribution in [0.15, 0.2) is 0 Å². The summed E-state index contributed by atoms with van der Waals surface area (Å²) in [5.41, 5.74) is -2.41. The molecule has 2 nitrogen and oxygen atoms in total. The van der Waals surface area contributed by atoms with Gasteiger partial charge in [0.15, 0.2) is 0 Å². The molecule has 0 bridgehead atoms. The van der Waals surface area contributed by atoms with Crippen LogP contribution in [0.25, 0.3) is 0 Å². The molecule has 0 spiro atoms. The Morgan fingerprint density at radius 2 is 1.14 bits per heavy atom. The Labute approximate surface area is 162 Å². The van der Waals surface area contributed by atoms with Crippen LogP contribution in [0, 0.1) is 11.8 Å². The van der Waals surface area contributed by atoms with E-state index in [-0.39, 0.29) is 19.5 Å². The van der Waals surface area contributed by atoms with Gasteiger partial charge in [0.25, 0.3) is 0 Å². The maximum Gasteiger partial charge on any atom is 0.0563 e. The van der Waals surface area contributed by atoms with Crippen LogP contribution in [0.2, 0.25) is 0 Å². The molecule has 0 N–H and O–H groups in total. The first-order valence-electron chi connectivity index (χ1n) is 8.43. The number of unbranched alkanes of at least 4 members (excludes halogenated alkanes) is 4. The molecule has 0 aliphatic rings. The van der Waals surface area contributed by atoms with E-state index in [1.807, 2.05) is 0 Å². The molecule has 0 aliphatic carbocycles. The Morgan fingerprint density at radius 3 is 1.45 bits per heavy atom. The second-order valence-electron chi connectivity index (χ2n) is 6.60. The SMILES string of the molecule is CC(C)CCCCCOP(=S)([S-])OCCCCCC(C)C.[Zn]. The number of hydrogen-bond donors (Lipinski definition) is 0. The molecule has 0 unspecified atom stereocenters. The van der Waals surface area contributed by atoms with E-state index in [1.165, 1.54) is 38.5 Å². The number of hydrogen-bond acceptors (Lipinski definition) is 4. The standard InChI is InChI=1S/C16H35O2PS2.Zn/c1-15(2)11-7-5-9-13-17-19(20,21)18-14-10-6-8-12-16(3)4;/h15-16H,5-14H2,1-4H3,(H,20,21);/p-1. The van der Waals surface area contributed by atoms with E-state index < -0.39 is 5.69 Å². The monoisotopic (exact) mass is 417 g/mol. The summed E-state index contributed by atoms with van der Waals surface area (Å²) in [6.07, 6.45) is 9.56. The average molecular weight is 419 g/mol. The number of rotatable bonds is 14. The predicted molar refractivity (Wildman–Crippen MR) is 100 cm³/mol. The zero-order chi connectivity index (χ0) is 16.1. The fourth-order valence-electron chi connectivity index (χ4n) is 2.05. The third-order valence-electron chi connectivity index (χ3n) is 3.35. The molecule has 0 saturated carbocycles. The smallest absolute Gasteiger partial charge is 0.0563 e. The summed E-state index contributed by atoms with van der Waals surface area (Å²) in [6.45, 7) is 10.4. The van der Waals surface area contributed by atoms with E-state index in [0.29, 0.717) is 13.2 Å². The maximum absolute atomic E-state index is 5.60. The van der Waals surface area contributed by atoms with Crippen molar-refractivity contribution in [2.45, 2.75) is 79.1 Å². The van der Waals surface area contributed by atoms with E-state index in [2.05, 4.69) is 27.7 Å². The Balaban J connectivity index is 0. The molecule has 0 radical (unpaired) electrons. The third-order valence-corrected chi connectivity index (χ3v) is 5.61. The first-order chi connectivity index (χ1) is 9.83. The van der Waals surface area contributed by atoms with Gasteiger partial charge in [-0.3, -0.25) is 0 Å². The summed E-state index contributed by atoms with van der Waals surface area (Å²) < 4.78 is 11.2. The largest absolute Gasteiger partial charge is 0.691 e. The molecular formula is C16H34O2PS2Zn-. The fraction of sp³-hybridized carbons (Fsp3) is 1.00. The van der Waals surface area contributed by atoms with Crippen LogP contribution in [0.5, 0.6) is 0 Å². The minimum absolute atomic E-state index is 0.